The van der Waals surface area contributed by atoms with Gasteiger partial charge in [-0.1, -0.05) is 77.1 Å². The molecule has 0 aromatic heterocycles. The van der Waals surface area contributed by atoms with Crippen molar-refractivity contribution in [3.05, 3.63) is 48.0 Å². The van der Waals surface area contributed by atoms with Gasteiger partial charge in [0, 0.05) is 17.4 Å². The molecule has 1 amide bonds. The van der Waals surface area contributed by atoms with Crippen molar-refractivity contribution in [3.63, 3.8) is 0 Å². The van der Waals surface area contributed by atoms with E-state index in [0.29, 0.717) is 6.54 Å². The van der Waals surface area contributed by atoms with E-state index in [1.165, 1.54) is 16.3 Å². The van der Waals surface area contributed by atoms with Crippen molar-refractivity contribution in [1.82, 2.24) is 5.32 Å². The molecule has 0 aliphatic carbocycles. The summed E-state index contributed by atoms with van der Waals surface area (Å²) in [5.41, 5.74) is 0.806. The van der Waals surface area contributed by atoms with Crippen molar-refractivity contribution in [2.45, 2.75) is 40.0 Å². The second kappa shape index (κ2) is 5.51. The summed E-state index contributed by atoms with van der Waals surface area (Å²) < 4.78 is 0. The summed E-state index contributed by atoms with van der Waals surface area (Å²) in [6, 6.07) is 14.9. The van der Waals surface area contributed by atoms with Crippen molar-refractivity contribution >= 4 is 16.7 Å². The van der Waals surface area contributed by atoms with Crippen molar-refractivity contribution in [1.29, 1.82) is 0 Å². The first kappa shape index (κ1) is 15.6. The van der Waals surface area contributed by atoms with Gasteiger partial charge >= 0.3 is 0 Å². The van der Waals surface area contributed by atoms with Crippen LogP contribution in [0.2, 0.25) is 0 Å². The lowest BCUT2D eigenvalue weighted by molar-refractivity contribution is -0.128. The average molecular weight is 283 g/mol. The fourth-order valence-corrected chi connectivity index (χ4v) is 2.28. The lowest BCUT2D eigenvalue weighted by atomic mass is 9.83. The van der Waals surface area contributed by atoms with Crippen molar-refractivity contribution < 1.29 is 4.79 Å². The molecule has 2 heteroatoms. The third-order valence-corrected chi connectivity index (χ3v) is 3.90. The zero-order valence-electron chi connectivity index (χ0n) is 13.7. The number of hydrogen-bond donors (Lipinski definition) is 1. The zero-order chi connectivity index (χ0) is 15.7. The number of rotatable bonds is 3. The molecule has 2 aromatic carbocycles. The van der Waals surface area contributed by atoms with E-state index in [4.69, 9.17) is 0 Å². The summed E-state index contributed by atoms with van der Waals surface area (Å²) in [6.45, 7) is 10.8. The second-order valence-corrected chi connectivity index (χ2v) is 7.38. The van der Waals surface area contributed by atoms with Gasteiger partial charge in [-0.15, -0.1) is 0 Å². The first-order valence-electron chi connectivity index (χ1n) is 7.48. The van der Waals surface area contributed by atoms with Gasteiger partial charge in [0.1, 0.15) is 0 Å². The molecule has 21 heavy (non-hydrogen) atoms. The minimum Gasteiger partial charge on any atom is -0.355 e. The molecule has 2 rings (SSSR count). The number of amides is 1. The Morgan fingerprint density at radius 3 is 2.19 bits per heavy atom. The Kier molecular flexibility index (Phi) is 4.08. The van der Waals surface area contributed by atoms with Gasteiger partial charge < -0.3 is 5.32 Å². The molecule has 112 valence electrons. The number of carbonyl (C=O) groups is 1. The van der Waals surface area contributed by atoms with Gasteiger partial charge in [0.05, 0.1) is 0 Å². The number of benzene rings is 2. The van der Waals surface area contributed by atoms with Crippen LogP contribution < -0.4 is 5.32 Å². The smallest absolute Gasteiger partial charge is 0.225 e. The standard InChI is InChI=1S/C19H25NO/c1-18(2,3)17(21)20-13-19(4,5)16-11-10-14-8-6-7-9-15(14)12-16/h6-12H,13H2,1-5H3,(H,20,21). The SMILES string of the molecule is CC(C)(C)C(=O)NCC(C)(C)c1ccc2ccccc2c1. The highest BCUT2D eigenvalue weighted by atomic mass is 16.2. The average Bonchev–Trinajstić information content (AvgIpc) is 2.43. The van der Waals surface area contributed by atoms with Crippen LogP contribution in [0.3, 0.4) is 0 Å². The summed E-state index contributed by atoms with van der Waals surface area (Å²) in [7, 11) is 0. The molecule has 0 bridgehead atoms. The van der Waals surface area contributed by atoms with E-state index in [9.17, 15) is 4.79 Å². The van der Waals surface area contributed by atoms with Gasteiger partial charge in [-0.3, -0.25) is 4.79 Å². The van der Waals surface area contributed by atoms with Crippen LogP contribution in [0, 0.1) is 5.41 Å². The Bertz CT molecular complexity index is 650. The molecular weight excluding hydrogens is 258 g/mol. The molecule has 0 atom stereocenters. The van der Waals surface area contributed by atoms with Crippen LogP contribution in [0.4, 0.5) is 0 Å². The molecule has 0 fully saturated rings. The predicted molar refractivity (Wildman–Crippen MR) is 89.4 cm³/mol. The number of hydrogen-bond acceptors (Lipinski definition) is 1. The summed E-state index contributed by atoms with van der Waals surface area (Å²) >= 11 is 0. The second-order valence-electron chi connectivity index (χ2n) is 7.38. The first-order chi connectivity index (χ1) is 9.70. The lowest BCUT2D eigenvalue weighted by Gasteiger charge is -2.28. The van der Waals surface area contributed by atoms with E-state index < -0.39 is 0 Å². The summed E-state index contributed by atoms with van der Waals surface area (Å²) in [5, 5.41) is 5.56. The van der Waals surface area contributed by atoms with E-state index in [1.54, 1.807) is 0 Å². The molecule has 2 aromatic rings. The lowest BCUT2D eigenvalue weighted by Crippen LogP contribution is -2.41. The van der Waals surface area contributed by atoms with Crippen molar-refractivity contribution in [2.75, 3.05) is 6.54 Å². The summed E-state index contributed by atoms with van der Waals surface area (Å²) in [4.78, 5) is 12.0. The molecule has 0 saturated carbocycles. The Morgan fingerprint density at radius 1 is 0.952 bits per heavy atom. The Labute approximate surface area is 127 Å². The van der Waals surface area contributed by atoms with Crippen molar-refractivity contribution in [2.24, 2.45) is 5.41 Å². The van der Waals surface area contributed by atoms with Gasteiger partial charge in [0.15, 0.2) is 0 Å². The maximum atomic E-state index is 12.0. The molecule has 0 aliphatic rings. The summed E-state index contributed by atoms with van der Waals surface area (Å²) in [6.07, 6.45) is 0. The Morgan fingerprint density at radius 2 is 1.57 bits per heavy atom. The highest BCUT2D eigenvalue weighted by Gasteiger charge is 2.26. The quantitative estimate of drug-likeness (QED) is 0.895. The molecule has 0 radical (unpaired) electrons. The normalized spacial score (nSPS) is 12.4. The van der Waals surface area contributed by atoms with E-state index in [-0.39, 0.29) is 16.7 Å². The molecule has 0 aliphatic heterocycles. The van der Waals surface area contributed by atoms with Crippen LogP contribution in [-0.2, 0) is 10.2 Å². The fraction of sp³-hybridized carbons (Fsp3) is 0.421. The predicted octanol–water partition coefficient (Wildman–Crippen LogP) is 4.28. The Balaban J connectivity index is 2.19. The van der Waals surface area contributed by atoms with Crippen LogP contribution in [0.25, 0.3) is 10.8 Å². The monoisotopic (exact) mass is 283 g/mol. The molecule has 0 spiro atoms. The highest BCUT2D eigenvalue weighted by molar-refractivity contribution is 5.83. The minimum absolute atomic E-state index is 0.0923. The molecule has 0 unspecified atom stereocenters. The van der Waals surface area contributed by atoms with Crippen LogP contribution in [-0.4, -0.2) is 12.5 Å². The maximum absolute atomic E-state index is 12.0. The minimum atomic E-state index is -0.348. The van der Waals surface area contributed by atoms with Gasteiger partial charge in [-0.05, 0) is 16.3 Å². The number of carbonyl (C=O) groups excluding carboxylic acids is 1. The number of nitrogens with one attached hydrogen (secondary N) is 1. The van der Waals surface area contributed by atoms with Gasteiger partial charge in [-0.25, -0.2) is 0 Å². The van der Waals surface area contributed by atoms with E-state index in [0.717, 1.165) is 0 Å². The molecular formula is C19H25NO. The van der Waals surface area contributed by atoms with E-state index in [1.807, 2.05) is 20.8 Å². The maximum Gasteiger partial charge on any atom is 0.225 e. The van der Waals surface area contributed by atoms with E-state index >= 15 is 0 Å². The van der Waals surface area contributed by atoms with Crippen LogP contribution in [0.15, 0.2) is 42.5 Å². The van der Waals surface area contributed by atoms with Crippen LogP contribution >= 0.6 is 0 Å². The van der Waals surface area contributed by atoms with Gasteiger partial charge in [-0.2, -0.15) is 0 Å². The number of fused-ring (bicyclic) bond motifs is 1. The first-order valence-corrected chi connectivity index (χ1v) is 7.48. The third kappa shape index (κ3) is 3.63. The molecule has 0 saturated heterocycles. The largest absolute Gasteiger partial charge is 0.355 e. The zero-order valence-corrected chi connectivity index (χ0v) is 13.7. The fourth-order valence-electron chi connectivity index (χ4n) is 2.28. The Hall–Kier alpha value is -1.83. The van der Waals surface area contributed by atoms with Gasteiger partial charge in [0.2, 0.25) is 5.91 Å². The van der Waals surface area contributed by atoms with Crippen molar-refractivity contribution in [3.8, 4) is 0 Å². The molecule has 2 nitrogen and oxygen atoms in total. The van der Waals surface area contributed by atoms with Gasteiger partial charge in [0.25, 0.3) is 0 Å². The van der Waals surface area contributed by atoms with Crippen LogP contribution in [0.1, 0.15) is 40.2 Å². The molecule has 0 heterocycles. The van der Waals surface area contributed by atoms with Crippen LogP contribution in [0.5, 0.6) is 0 Å². The molecule has 1 N–H and O–H groups in total. The summed E-state index contributed by atoms with van der Waals surface area (Å²) in [5.74, 6) is 0.0939. The third-order valence-electron chi connectivity index (χ3n) is 3.90. The highest BCUT2D eigenvalue weighted by Crippen LogP contribution is 2.26. The topological polar surface area (TPSA) is 29.1 Å². The van der Waals surface area contributed by atoms with E-state index in [2.05, 4.69) is 61.6 Å².